The van der Waals surface area contributed by atoms with Crippen molar-refractivity contribution in [3.63, 3.8) is 0 Å². The Morgan fingerprint density at radius 2 is 1.53 bits per heavy atom. The molecule has 47 heavy (non-hydrogen) atoms. The average Bonchev–Trinajstić information content (AvgIpc) is 3.66. The largest absolute Gasteiger partial charge is 0.339 e. The number of hydrogen-bond acceptors (Lipinski definition) is 4. The highest BCUT2D eigenvalue weighted by Crippen LogP contribution is 2.28. The Balaban J connectivity index is 1.06. The second-order valence-corrected chi connectivity index (χ2v) is 13.5. The van der Waals surface area contributed by atoms with Gasteiger partial charge in [0.2, 0.25) is 0 Å². The number of urea groups is 1. The van der Waals surface area contributed by atoms with Gasteiger partial charge < -0.3 is 10.2 Å². The van der Waals surface area contributed by atoms with Gasteiger partial charge in [-0.15, -0.1) is 0 Å². The van der Waals surface area contributed by atoms with E-state index in [0.29, 0.717) is 30.4 Å². The molecule has 242 valence electrons. The Labute approximate surface area is 276 Å². The first kappa shape index (κ1) is 31.8. The van der Waals surface area contributed by atoms with Crippen molar-refractivity contribution in [3.05, 3.63) is 119 Å². The number of anilines is 2. The van der Waals surface area contributed by atoms with Crippen LogP contribution in [0.1, 0.15) is 66.5 Å². The van der Waals surface area contributed by atoms with E-state index in [0.717, 1.165) is 58.8 Å². The lowest BCUT2D eigenvalue weighted by Gasteiger charge is -2.32. The van der Waals surface area contributed by atoms with Crippen molar-refractivity contribution in [1.82, 2.24) is 24.5 Å². The van der Waals surface area contributed by atoms with Gasteiger partial charge in [-0.1, -0.05) is 68.8 Å². The number of piperidine rings is 1. The molecule has 0 aliphatic carbocycles. The number of nitrogens with one attached hydrogen (secondary N) is 2. The van der Waals surface area contributed by atoms with Crippen molar-refractivity contribution in [3.8, 4) is 11.4 Å². The van der Waals surface area contributed by atoms with E-state index in [1.165, 1.54) is 0 Å². The highest BCUT2D eigenvalue weighted by molar-refractivity contribution is 5.99. The summed E-state index contributed by atoms with van der Waals surface area (Å²) < 4.78 is 3.60. The summed E-state index contributed by atoms with van der Waals surface area (Å²) in [5, 5.41) is 15.3. The van der Waals surface area contributed by atoms with Crippen molar-refractivity contribution in [2.45, 2.75) is 59.3 Å². The number of nitrogens with zero attached hydrogens (tertiary/aromatic N) is 5. The summed E-state index contributed by atoms with van der Waals surface area (Å²) in [6.07, 6.45) is 4.42. The minimum Gasteiger partial charge on any atom is -0.339 e. The van der Waals surface area contributed by atoms with E-state index in [2.05, 4.69) is 42.6 Å². The molecule has 1 fully saturated rings. The Morgan fingerprint density at radius 1 is 0.830 bits per heavy atom. The lowest BCUT2D eigenvalue weighted by atomic mass is 9.90. The second-order valence-electron chi connectivity index (χ2n) is 13.5. The van der Waals surface area contributed by atoms with Crippen LogP contribution in [0.5, 0.6) is 0 Å². The number of aryl methyl sites for hydroxylation is 1. The van der Waals surface area contributed by atoms with Crippen LogP contribution in [0.3, 0.4) is 0 Å². The molecule has 1 aliphatic heterocycles. The topological polar surface area (TPSA) is 97.1 Å². The smallest absolute Gasteiger partial charge is 0.324 e. The Morgan fingerprint density at radius 3 is 2.23 bits per heavy atom. The first-order valence-electron chi connectivity index (χ1n) is 16.3. The third-order valence-corrected chi connectivity index (χ3v) is 8.85. The first-order chi connectivity index (χ1) is 22.5. The van der Waals surface area contributed by atoms with Gasteiger partial charge in [0, 0.05) is 30.3 Å². The van der Waals surface area contributed by atoms with E-state index in [4.69, 9.17) is 5.10 Å². The van der Waals surface area contributed by atoms with E-state index in [1.807, 2.05) is 102 Å². The normalized spacial score (nSPS) is 13.9. The molecule has 0 saturated carbocycles. The molecule has 0 spiro atoms. The van der Waals surface area contributed by atoms with Gasteiger partial charge in [0.25, 0.3) is 5.91 Å². The summed E-state index contributed by atoms with van der Waals surface area (Å²) in [5.74, 6) is 1.10. The molecule has 3 aromatic carbocycles. The SMILES string of the molecule is Cc1ccc(-n2nc(C(C)(C)C)cc2NC(=O)Nc2cccc(CC3CCN(C(=O)c4cnn(-c5ccccc5)c4C)CC3)c2)cc1. The summed E-state index contributed by atoms with van der Waals surface area (Å²) in [7, 11) is 0. The van der Waals surface area contributed by atoms with Crippen LogP contribution >= 0.6 is 0 Å². The summed E-state index contributed by atoms with van der Waals surface area (Å²) in [6, 6.07) is 27.6. The van der Waals surface area contributed by atoms with Crippen molar-refractivity contribution in [2.24, 2.45) is 5.92 Å². The number of rotatable bonds is 7. The fourth-order valence-electron chi connectivity index (χ4n) is 6.07. The number of amides is 3. The fourth-order valence-corrected chi connectivity index (χ4v) is 6.07. The van der Waals surface area contributed by atoms with Crippen molar-refractivity contribution in [2.75, 3.05) is 23.7 Å². The Kier molecular flexibility index (Phi) is 8.98. The summed E-state index contributed by atoms with van der Waals surface area (Å²) >= 11 is 0. The minimum absolute atomic E-state index is 0.0404. The molecule has 0 unspecified atom stereocenters. The maximum atomic E-state index is 13.4. The number of carbonyl (C=O) groups excluding carboxylic acids is 2. The van der Waals surface area contributed by atoms with Crippen LogP contribution in [0.25, 0.3) is 11.4 Å². The molecular weight excluding hydrogens is 586 g/mol. The lowest BCUT2D eigenvalue weighted by Crippen LogP contribution is -2.39. The third kappa shape index (κ3) is 7.30. The first-order valence-corrected chi connectivity index (χ1v) is 16.3. The molecule has 2 N–H and O–H groups in total. The zero-order valence-corrected chi connectivity index (χ0v) is 27.8. The molecule has 0 bridgehead atoms. The van der Waals surface area contributed by atoms with Gasteiger partial charge in [0.15, 0.2) is 0 Å². The van der Waals surface area contributed by atoms with Crippen molar-refractivity contribution in [1.29, 1.82) is 0 Å². The fraction of sp³-hybridized carbons (Fsp3) is 0.316. The molecule has 9 nitrogen and oxygen atoms in total. The molecule has 3 heterocycles. The summed E-state index contributed by atoms with van der Waals surface area (Å²) in [5.41, 5.74) is 7.10. The number of likely N-dealkylation sites (tertiary alicyclic amines) is 1. The van der Waals surface area contributed by atoms with Crippen LogP contribution in [0.15, 0.2) is 91.1 Å². The second kappa shape index (κ2) is 13.3. The molecular formula is C38H43N7O2. The Bertz CT molecular complexity index is 1860. The lowest BCUT2D eigenvalue weighted by molar-refractivity contribution is 0.0689. The van der Waals surface area contributed by atoms with Crippen LogP contribution in [0.4, 0.5) is 16.3 Å². The maximum absolute atomic E-state index is 13.4. The van der Waals surface area contributed by atoms with Gasteiger partial charge in [-0.05, 0) is 81.0 Å². The molecule has 6 rings (SSSR count). The highest BCUT2D eigenvalue weighted by Gasteiger charge is 2.27. The monoisotopic (exact) mass is 629 g/mol. The van der Waals surface area contributed by atoms with E-state index in [9.17, 15) is 9.59 Å². The molecule has 1 saturated heterocycles. The van der Waals surface area contributed by atoms with Gasteiger partial charge >= 0.3 is 6.03 Å². The zero-order valence-electron chi connectivity index (χ0n) is 27.8. The summed E-state index contributed by atoms with van der Waals surface area (Å²) in [6.45, 7) is 11.7. The Hall–Kier alpha value is -5.18. The average molecular weight is 630 g/mol. The quantitative estimate of drug-likeness (QED) is 0.193. The van der Waals surface area contributed by atoms with Crippen LogP contribution in [-0.2, 0) is 11.8 Å². The van der Waals surface area contributed by atoms with Gasteiger partial charge in [-0.2, -0.15) is 10.2 Å². The number of para-hydroxylation sites is 1. The predicted molar refractivity (Wildman–Crippen MR) is 187 cm³/mol. The third-order valence-electron chi connectivity index (χ3n) is 8.85. The molecule has 0 radical (unpaired) electrons. The van der Waals surface area contributed by atoms with Crippen molar-refractivity contribution < 1.29 is 9.59 Å². The number of benzene rings is 3. The predicted octanol–water partition coefficient (Wildman–Crippen LogP) is 7.71. The summed E-state index contributed by atoms with van der Waals surface area (Å²) in [4.78, 5) is 28.5. The number of hydrogen-bond donors (Lipinski definition) is 2. The highest BCUT2D eigenvalue weighted by atomic mass is 16.2. The minimum atomic E-state index is -0.325. The van der Waals surface area contributed by atoms with Gasteiger partial charge in [-0.3, -0.25) is 10.1 Å². The van der Waals surface area contributed by atoms with E-state index in [-0.39, 0.29) is 17.4 Å². The molecule has 5 aromatic rings. The van der Waals surface area contributed by atoms with E-state index >= 15 is 0 Å². The molecule has 1 aliphatic rings. The van der Waals surface area contributed by atoms with Crippen LogP contribution in [-0.4, -0.2) is 49.5 Å². The standard InChI is InChI=1S/C38H43N7O2/c1-26-14-16-32(17-15-26)45-35(24-34(42-45)38(3,4)5)41-37(47)40-30-11-9-10-29(23-30)22-28-18-20-43(21-19-28)36(46)33-25-39-44(27(33)2)31-12-7-6-8-13-31/h6-17,23-25,28H,18-22H2,1-5H3,(H2,40,41,47). The molecule has 3 amide bonds. The number of carbonyl (C=O) groups is 2. The molecule has 9 heteroatoms. The zero-order chi connectivity index (χ0) is 33.1. The van der Waals surface area contributed by atoms with Crippen LogP contribution < -0.4 is 10.6 Å². The molecule has 2 aromatic heterocycles. The van der Waals surface area contributed by atoms with Gasteiger partial charge in [0.1, 0.15) is 5.82 Å². The van der Waals surface area contributed by atoms with Gasteiger partial charge in [0.05, 0.1) is 34.5 Å². The van der Waals surface area contributed by atoms with E-state index < -0.39 is 0 Å². The molecule has 0 atom stereocenters. The van der Waals surface area contributed by atoms with Crippen LogP contribution in [0, 0.1) is 19.8 Å². The van der Waals surface area contributed by atoms with Crippen LogP contribution in [0.2, 0.25) is 0 Å². The van der Waals surface area contributed by atoms with Crippen molar-refractivity contribution >= 4 is 23.4 Å². The van der Waals surface area contributed by atoms with E-state index in [1.54, 1.807) is 10.9 Å². The number of aromatic nitrogens is 4. The maximum Gasteiger partial charge on any atom is 0.324 e. The van der Waals surface area contributed by atoms with Gasteiger partial charge in [-0.25, -0.2) is 14.2 Å².